The van der Waals surface area contributed by atoms with Gasteiger partial charge in [0.1, 0.15) is 5.69 Å². The van der Waals surface area contributed by atoms with Crippen molar-refractivity contribution in [3.8, 4) is 0 Å². The summed E-state index contributed by atoms with van der Waals surface area (Å²) in [5.74, 6) is -4.39. The number of carbonyl (C=O) groups is 1. The number of alkyl halides is 5. The summed E-state index contributed by atoms with van der Waals surface area (Å²) in [6, 6.07) is 0. The Morgan fingerprint density at radius 2 is 1.94 bits per heavy atom. The van der Waals surface area contributed by atoms with Gasteiger partial charge in [-0.2, -0.15) is 27.1 Å². The fourth-order valence-electron chi connectivity index (χ4n) is 1.92. The topological polar surface area (TPSA) is 34.9 Å². The molecule has 1 aromatic heterocycles. The monoisotopic (exact) mass is 254 g/mol. The molecule has 0 saturated heterocycles. The molecule has 1 aromatic rings. The normalized spacial score (nSPS) is 19.3. The van der Waals surface area contributed by atoms with E-state index in [1.807, 2.05) is 0 Å². The molecule has 8 heteroatoms. The van der Waals surface area contributed by atoms with Crippen molar-refractivity contribution < 1.29 is 26.7 Å². The van der Waals surface area contributed by atoms with Crippen molar-refractivity contribution in [2.24, 2.45) is 7.05 Å². The molecule has 0 bridgehead atoms. The van der Waals surface area contributed by atoms with Gasteiger partial charge in [-0.05, 0) is 0 Å². The molecule has 94 valence electrons. The molecule has 0 unspecified atom stereocenters. The molecule has 2 rings (SSSR count). The Kier molecular flexibility index (Phi) is 2.31. The summed E-state index contributed by atoms with van der Waals surface area (Å²) in [4.78, 5) is 11.4. The summed E-state index contributed by atoms with van der Waals surface area (Å²) >= 11 is 0. The molecule has 17 heavy (non-hydrogen) atoms. The Balaban J connectivity index is 2.74. The largest absolute Gasteiger partial charge is 0.435 e. The van der Waals surface area contributed by atoms with Gasteiger partial charge in [-0.1, -0.05) is 0 Å². The van der Waals surface area contributed by atoms with Crippen LogP contribution in [-0.4, -0.2) is 15.6 Å². The highest BCUT2D eigenvalue weighted by atomic mass is 19.4. The number of halogens is 5. The van der Waals surface area contributed by atoms with Crippen LogP contribution in [0, 0.1) is 0 Å². The van der Waals surface area contributed by atoms with Crippen molar-refractivity contribution in [3.05, 3.63) is 17.0 Å². The van der Waals surface area contributed by atoms with E-state index in [-0.39, 0.29) is 0 Å². The summed E-state index contributed by atoms with van der Waals surface area (Å²) in [5, 5.41) is 3.00. The molecule has 0 fully saturated rings. The van der Waals surface area contributed by atoms with E-state index in [0.29, 0.717) is 4.68 Å². The Hall–Kier alpha value is -1.47. The van der Waals surface area contributed by atoms with Crippen molar-refractivity contribution in [2.75, 3.05) is 0 Å². The summed E-state index contributed by atoms with van der Waals surface area (Å²) in [5.41, 5.74) is -3.46. The van der Waals surface area contributed by atoms with Gasteiger partial charge in [0.25, 0.3) is 5.92 Å². The first-order valence-corrected chi connectivity index (χ1v) is 4.70. The minimum absolute atomic E-state index is 0.440. The number of nitrogens with zero attached hydrogens (tertiary/aromatic N) is 2. The Labute approximate surface area is 92.2 Å². The molecule has 0 aliphatic heterocycles. The maximum atomic E-state index is 13.5. The Morgan fingerprint density at radius 3 is 2.47 bits per heavy atom. The average molecular weight is 254 g/mol. The number of hydrogen-bond donors (Lipinski definition) is 0. The summed E-state index contributed by atoms with van der Waals surface area (Å²) < 4.78 is 65.0. The van der Waals surface area contributed by atoms with E-state index < -0.39 is 47.7 Å². The zero-order chi connectivity index (χ0) is 13.0. The van der Waals surface area contributed by atoms with Gasteiger partial charge in [-0.25, -0.2) is 0 Å². The number of fused-ring (bicyclic) bond motifs is 1. The lowest BCUT2D eigenvalue weighted by Gasteiger charge is -2.22. The van der Waals surface area contributed by atoms with Gasteiger partial charge in [0, 0.05) is 19.9 Å². The van der Waals surface area contributed by atoms with Crippen molar-refractivity contribution in [3.63, 3.8) is 0 Å². The highest BCUT2D eigenvalue weighted by Gasteiger charge is 2.50. The molecule has 0 aromatic carbocycles. The quantitative estimate of drug-likeness (QED) is 0.667. The maximum Gasteiger partial charge on any atom is 0.435 e. The van der Waals surface area contributed by atoms with Crippen LogP contribution in [0.3, 0.4) is 0 Å². The maximum absolute atomic E-state index is 13.5. The molecule has 0 N–H and O–H groups in total. The highest BCUT2D eigenvalue weighted by molar-refractivity contribution is 5.99. The Morgan fingerprint density at radius 1 is 1.35 bits per heavy atom. The van der Waals surface area contributed by atoms with Gasteiger partial charge >= 0.3 is 6.18 Å². The molecule has 0 atom stereocenters. The van der Waals surface area contributed by atoms with Crippen molar-refractivity contribution in [1.29, 1.82) is 0 Å². The van der Waals surface area contributed by atoms with E-state index in [1.165, 1.54) is 0 Å². The van der Waals surface area contributed by atoms with Crippen LogP contribution in [0.1, 0.15) is 34.6 Å². The molecule has 0 radical (unpaired) electrons. The van der Waals surface area contributed by atoms with Crippen molar-refractivity contribution >= 4 is 5.78 Å². The van der Waals surface area contributed by atoms with Crippen LogP contribution in [0.4, 0.5) is 22.0 Å². The molecular formula is C9H7F5N2O. The predicted octanol–water partition coefficient (Wildman–Crippen LogP) is 2.51. The number of ketones is 1. The van der Waals surface area contributed by atoms with E-state index in [0.717, 1.165) is 7.05 Å². The number of carbonyl (C=O) groups excluding carboxylic acids is 1. The van der Waals surface area contributed by atoms with E-state index in [1.54, 1.807) is 0 Å². The van der Waals surface area contributed by atoms with Gasteiger partial charge in [0.05, 0.1) is 5.56 Å². The van der Waals surface area contributed by atoms with E-state index >= 15 is 0 Å². The summed E-state index contributed by atoms with van der Waals surface area (Å²) in [7, 11) is 0.973. The minimum atomic E-state index is -4.91. The van der Waals surface area contributed by atoms with Gasteiger partial charge in [-0.3, -0.25) is 9.48 Å². The standard InChI is InChI=1S/C9H7F5N2O/c1-16-7-5(6(15-16)9(12,13)14)4(17)2-3-8(7,10)11/h2-3H2,1H3. The molecular weight excluding hydrogens is 247 g/mol. The lowest BCUT2D eigenvalue weighted by molar-refractivity contribution is -0.141. The second-order valence-electron chi connectivity index (χ2n) is 3.82. The first-order chi connectivity index (χ1) is 7.64. The highest BCUT2D eigenvalue weighted by Crippen LogP contribution is 2.44. The van der Waals surface area contributed by atoms with E-state index in [9.17, 15) is 26.7 Å². The number of aryl methyl sites for hydroxylation is 1. The zero-order valence-corrected chi connectivity index (χ0v) is 8.61. The first-order valence-electron chi connectivity index (χ1n) is 4.70. The van der Waals surface area contributed by atoms with Gasteiger partial charge in [0.2, 0.25) is 0 Å². The van der Waals surface area contributed by atoms with Gasteiger partial charge in [-0.15, -0.1) is 0 Å². The van der Waals surface area contributed by atoms with Crippen LogP contribution >= 0.6 is 0 Å². The molecule has 1 aliphatic rings. The third-order valence-corrected chi connectivity index (χ3v) is 2.61. The molecule has 1 aliphatic carbocycles. The molecule has 0 spiro atoms. The fraction of sp³-hybridized carbons (Fsp3) is 0.556. The minimum Gasteiger partial charge on any atom is -0.294 e. The molecule has 1 heterocycles. The SMILES string of the molecule is Cn1nc(C(F)(F)F)c2c1C(F)(F)CCC2=O. The zero-order valence-electron chi connectivity index (χ0n) is 8.61. The average Bonchev–Trinajstić information content (AvgIpc) is 2.51. The Bertz CT molecular complexity index is 488. The number of rotatable bonds is 0. The number of aromatic nitrogens is 2. The molecule has 0 amide bonds. The molecule has 0 saturated carbocycles. The molecule has 3 nitrogen and oxygen atoms in total. The first kappa shape index (κ1) is 12.0. The number of Topliss-reactive ketones (excluding diaryl/α,β-unsaturated/α-hetero) is 1. The predicted molar refractivity (Wildman–Crippen MR) is 45.7 cm³/mol. The third-order valence-electron chi connectivity index (χ3n) is 2.61. The van der Waals surface area contributed by atoms with Crippen LogP contribution in [0.15, 0.2) is 0 Å². The lowest BCUT2D eigenvalue weighted by atomic mass is 9.91. The summed E-state index contributed by atoms with van der Waals surface area (Å²) in [6.45, 7) is 0. The van der Waals surface area contributed by atoms with Crippen molar-refractivity contribution in [1.82, 2.24) is 9.78 Å². The summed E-state index contributed by atoms with van der Waals surface area (Å²) in [6.07, 6.45) is -6.29. The van der Waals surface area contributed by atoms with Crippen LogP contribution in [-0.2, 0) is 19.1 Å². The lowest BCUT2D eigenvalue weighted by Crippen LogP contribution is -2.27. The van der Waals surface area contributed by atoms with Gasteiger partial charge < -0.3 is 0 Å². The smallest absolute Gasteiger partial charge is 0.294 e. The number of hydrogen-bond acceptors (Lipinski definition) is 2. The van der Waals surface area contributed by atoms with Crippen LogP contribution in [0.2, 0.25) is 0 Å². The van der Waals surface area contributed by atoms with Gasteiger partial charge in [0.15, 0.2) is 11.5 Å². The van der Waals surface area contributed by atoms with E-state index in [2.05, 4.69) is 5.10 Å². The second kappa shape index (κ2) is 3.27. The van der Waals surface area contributed by atoms with E-state index in [4.69, 9.17) is 0 Å². The fourth-order valence-corrected chi connectivity index (χ4v) is 1.92. The van der Waals surface area contributed by atoms with Crippen molar-refractivity contribution in [2.45, 2.75) is 24.9 Å². The second-order valence-corrected chi connectivity index (χ2v) is 3.82. The van der Waals surface area contributed by atoms with Crippen LogP contribution in [0.5, 0.6) is 0 Å². The third kappa shape index (κ3) is 1.71. The van der Waals surface area contributed by atoms with Crippen LogP contribution in [0.25, 0.3) is 0 Å². The van der Waals surface area contributed by atoms with Crippen LogP contribution < -0.4 is 0 Å².